The molecule has 3 aromatic rings. The van der Waals surface area contributed by atoms with Gasteiger partial charge in [0.05, 0.1) is 16.6 Å². The lowest BCUT2D eigenvalue weighted by Gasteiger charge is -2.16. The highest BCUT2D eigenvalue weighted by atomic mass is 32.2. The van der Waals surface area contributed by atoms with Crippen LogP contribution in [0.1, 0.15) is 24.5 Å². The zero-order valence-corrected chi connectivity index (χ0v) is 15.4. The fourth-order valence-electron chi connectivity index (χ4n) is 2.69. The van der Waals surface area contributed by atoms with E-state index in [1.54, 1.807) is 17.6 Å². The van der Waals surface area contributed by atoms with E-state index in [2.05, 4.69) is 0 Å². The average Bonchev–Trinajstić information content (AvgIpc) is 2.58. The van der Waals surface area contributed by atoms with Gasteiger partial charge in [-0.2, -0.15) is 0 Å². The minimum Gasteiger partial charge on any atom is -0.300 e. The van der Waals surface area contributed by atoms with Crippen molar-refractivity contribution < 1.29 is 4.79 Å². The summed E-state index contributed by atoms with van der Waals surface area (Å²) >= 11 is 1.44. The zero-order chi connectivity index (χ0) is 18.0. The maximum atomic E-state index is 13.2. The molecule has 0 aliphatic heterocycles. The highest BCUT2D eigenvalue weighted by Crippen LogP contribution is 2.24. The van der Waals surface area contributed by atoms with E-state index in [4.69, 9.17) is 4.98 Å². The Morgan fingerprint density at radius 2 is 1.88 bits per heavy atom. The lowest BCUT2D eigenvalue weighted by Crippen LogP contribution is -2.22. The van der Waals surface area contributed by atoms with Crippen LogP contribution >= 0.6 is 11.8 Å². The number of carbonyl (C=O) groups excluding carboxylic acids is 1. The molecule has 0 saturated carbocycles. The predicted molar refractivity (Wildman–Crippen MR) is 103 cm³/mol. The first kappa shape index (κ1) is 17.4. The summed E-state index contributed by atoms with van der Waals surface area (Å²) in [5, 5.41) is 1.22. The molecular formula is C20H20N2O2S. The molecule has 4 nitrogen and oxygen atoms in total. The quantitative estimate of drug-likeness (QED) is 0.513. The molecule has 0 atom stereocenters. The topological polar surface area (TPSA) is 52.0 Å². The number of nitrogens with zero attached hydrogens (tertiary/aromatic N) is 2. The third kappa shape index (κ3) is 3.51. The van der Waals surface area contributed by atoms with Crippen molar-refractivity contribution in [2.45, 2.75) is 32.3 Å². The van der Waals surface area contributed by atoms with E-state index in [0.717, 1.165) is 16.8 Å². The molecule has 25 heavy (non-hydrogen) atoms. The lowest BCUT2D eigenvalue weighted by molar-refractivity contribution is -0.116. The van der Waals surface area contributed by atoms with E-state index < -0.39 is 0 Å². The lowest BCUT2D eigenvalue weighted by atomic mass is 10.1. The van der Waals surface area contributed by atoms with Crippen molar-refractivity contribution in [1.82, 2.24) is 9.55 Å². The van der Waals surface area contributed by atoms with Gasteiger partial charge in [0.1, 0.15) is 5.78 Å². The summed E-state index contributed by atoms with van der Waals surface area (Å²) in [6.07, 6.45) is 0.458. The molecule has 2 aromatic carbocycles. The molecule has 0 aliphatic carbocycles. The van der Waals surface area contributed by atoms with Gasteiger partial charge in [0.2, 0.25) is 0 Å². The maximum Gasteiger partial charge on any atom is 0.266 e. The van der Waals surface area contributed by atoms with Gasteiger partial charge in [0.25, 0.3) is 5.56 Å². The summed E-state index contributed by atoms with van der Waals surface area (Å²) in [5.74, 6) is 0.735. The zero-order valence-electron chi connectivity index (χ0n) is 14.6. The minimum absolute atomic E-state index is 0.0791. The molecule has 0 aliphatic rings. The third-order valence-corrected chi connectivity index (χ3v) is 5.19. The van der Waals surface area contributed by atoms with Crippen LogP contribution in [0.2, 0.25) is 0 Å². The molecule has 1 heterocycles. The standard InChI is InChI=1S/C20H20N2O2S/c1-13-7-6-10-18(15(13)3)22-19(24)16-8-4-5-9-17(16)21-20(22)25-12-11-14(2)23/h4-10H,11-12H2,1-3H3. The summed E-state index contributed by atoms with van der Waals surface area (Å²) in [6, 6.07) is 13.3. The van der Waals surface area contributed by atoms with E-state index in [0.29, 0.717) is 28.2 Å². The average molecular weight is 352 g/mol. The van der Waals surface area contributed by atoms with Crippen LogP contribution in [0.15, 0.2) is 52.4 Å². The predicted octanol–water partition coefficient (Wildman–Crippen LogP) is 4.07. The molecule has 0 amide bonds. The van der Waals surface area contributed by atoms with Gasteiger partial charge in [0.15, 0.2) is 5.16 Å². The number of para-hydroxylation sites is 1. The van der Waals surface area contributed by atoms with Gasteiger partial charge in [0, 0.05) is 12.2 Å². The number of aryl methyl sites for hydroxylation is 1. The number of hydrogen-bond donors (Lipinski definition) is 0. The number of Topliss-reactive ketones (excluding diaryl/α,β-unsaturated/α-hetero) is 1. The second-order valence-electron chi connectivity index (χ2n) is 6.07. The molecule has 3 rings (SSSR count). The minimum atomic E-state index is -0.0791. The molecule has 128 valence electrons. The number of thioether (sulfide) groups is 1. The molecule has 5 heteroatoms. The molecule has 0 spiro atoms. The third-order valence-electron chi connectivity index (χ3n) is 4.25. The van der Waals surface area contributed by atoms with Crippen molar-refractivity contribution in [3.05, 3.63) is 63.9 Å². The maximum absolute atomic E-state index is 13.2. The van der Waals surface area contributed by atoms with Crippen molar-refractivity contribution >= 4 is 28.4 Å². The monoisotopic (exact) mass is 352 g/mol. The SMILES string of the molecule is CC(=O)CCSc1nc2ccccc2c(=O)n1-c1cccc(C)c1C. The van der Waals surface area contributed by atoms with Gasteiger partial charge in [-0.1, -0.05) is 36.0 Å². The van der Waals surface area contributed by atoms with Crippen LogP contribution in [-0.4, -0.2) is 21.1 Å². The molecule has 0 saturated heterocycles. The number of aromatic nitrogens is 2. The van der Waals surface area contributed by atoms with Crippen LogP contribution in [0, 0.1) is 13.8 Å². The second-order valence-corrected chi connectivity index (χ2v) is 7.13. The molecule has 0 unspecified atom stereocenters. The van der Waals surface area contributed by atoms with Crippen molar-refractivity contribution in [2.24, 2.45) is 0 Å². The highest BCUT2D eigenvalue weighted by Gasteiger charge is 2.15. The number of hydrogen-bond acceptors (Lipinski definition) is 4. The number of ketones is 1. The Hall–Kier alpha value is -2.40. The Kier molecular flexibility index (Phi) is 5.04. The summed E-state index contributed by atoms with van der Waals surface area (Å²) in [4.78, 5) is 29.1. The molecule has 0 fully saturated rings. The van der Waals surface area contributed by atoms with E-state index >= 15 is 0 Å². The fraction of sp³-hybridized carbons (Fsp3) is 0.250. The second kappa shape index (κ2) is 7.23. The number of carbonyl (C=O) groups is 1. The van der Waals surface area contributed by atoms with Crippen LogP contribution in [0.5, 0.6) is 0 Å². The van der Waals surface area contributed by atoms with Crippen LogP contribution in [-0.2, 0) is 4.79 Å². The highest BCUT2D eigenvalue weighted by molar-refractivity contribution is 7.99. The van der Waals surface area contributed by atoms with Gasteiger partial charge in [-0.3, -0.25) is 14.2 Å². The molecule has 0 N–H and O–H groups in total. The van der Waals surface area contributed by atoms with Crippen molar-refractivity contribution in [3.8, 4) is 5.69 Å². The van der Waals surface area contributed by atoms with Crippen LogP contribution in [0.3, 0.4) is 0 Å². The fourth-order valence-corrected chi connectivity index (χ4v) is 3.73. The summed E-state index contributed by atoms with van der Waals surface area (Å²) in [5.41, 5.74) is 3.62. The van der Waals surface area contributed by atoms with E-state index in [-0.39, 0.29) is 11.3 Å². The molecule has 0 radical (unpaired) electrons. The normalized spacial score (nSPS) is 11.0. The van der Waals surface area contributed by atoms with E-state index in [1.807, 2.05) is 50.2 Å². The van der Waals surface area contributed by atoms with Gasteiger partial charge in [-0.05, 0) is 50.1 Å². The van der Waals surface area contributed by atoms with Crippen molar-refractivity contribution in [2.75, 3.05) is 5.75 Å². The number of fused-ring (bicyclic) bond motifs is 1. The van der Waals surface area contributed by atoms with E-state index in [9.17, 15) is 9.59 Å². The van der Waals surface area contributed by atoms with E-state index in [1.165, 1.54) is 11.8 Å². The summed E-state index contributed by atoms with van der Waals surface area (Å²) < 4.78 is 1.68. The first-order chi connectivity index (χ1) is 12.0. The number of rotatable bonds is 5. The smallest absolute Gasteiger partial charge is 0.266 e. The van der Waals surface area contributed by atoms with Gasteiger partial charge < -0.3 is 0 Å². The first-order valence-corrected chi connectivity index (χ1v) is 9.18. The number of benzene rings is 2. The van der Waals surface area contributed by atoms with Gasteiger partial charge in [-0.15, -0.1) is 0 Å². The van der Waals surface area contributed by atoms with Crippen LogP contribution in [0.25, 0.3) is 16.6 Å². The van der Waals surface area contributed by atoms with Gasteiger partial charge >= 0.3 is 0 Å². The first-order valence-electron chi connectivity index (χ1n) is 8.19. The Morgan fingerprint density at radius 3 is 2.64 bits per heavy atom. The Labute approximate surface area is 150 Å². The van der Waals surface area contributed by atoms with Crippen LogP contribution in [0.4, 0.5) is 0 Å². The van der Waals surface area contributed by atoms with Gasteiger partial charge in [-0.25, -0.2) is 4.98 Å². The Bertz CT molecular complexity index is 1010. The largest absolute Gasteiger partial charge is 0.300 e. The molecular weight excluding hydrogens is 332 g/mol. The summed E-state index contributed by atoms with van der Waals surface area (Å²) in [6.45, 7) is 5.61. The van der Waals surface area contributed by atoms with Crippen molar-refractivity contribution in [3.63, 3.8) is 0 Å². The van der Waals surface area contributed by atoms with Crippen molar-refractivity contribution in [1.29, 1.82) is 0 Å². The Balaban J connectivity index is 2.23. The summed E-state index contributed by atoms with van der Waals surface area (Å²) in [7, 11) is 0. The van der Waals surface area contributed by atoms with Crippen LogP contribution < -0.4 is 5.56 Å². The molecule has 0 bridgehead atoms. The Morgan fingerprint density at radius 1 is 1.12 bits per heavy atom. The molecule has 1 aromatic heterocycles.